The molecule has 0 aliphatic carbocycles. The Balaban J connectivity index is 1.61. The maximum Gasteiger partial charge on any atom is 0.250 e. The Morgan fingerprint density at radius 1 is 0.781 bits per heavy atom. The summed E-state index contributed by atoms with van der Waals surface area (Å²) in [7, 11) is 0. The van der Waals surface area contributed by atoms with Gasteiger partial charge in [-0.2, -0.15) is 0 Å². The molecule has 2 aromatic rings. The van der Waals surface area contributed by atoms with Gasteiger partial charge < -0.3 is 14.8 Å². The van der Waals surface area contributed by atoms with E-state index in [-0.39, 0.29) is 18.9 Å². The predicted molar refractivity (Wildman–Crippen MR) is 124 cm³/mol. The van der Waals surface area contributed by atoms with E-state index < -0.39 is 5.91 Å². The van der Waals surface area contributed by atoms with Gasteiger partial charge in [-0.25, -0.2) is 5.48 Å². The molecule has 7 heteroatoms. The van der Waals surface area contributed by atoms with Crippen LogP contribution in [0.25, 0.3) is 0 Å². The third-order valence-electron chi connectivity index (χ3n) is 4.88. The molecular formula is C25H34N2O5. The van der Waals surface area contributed by atoms with Gasteiger partial charge in [-0.15, -0.1) is 0 Å². The van der Waals surface area contributed by atoms with Crippen LogP contribution in [0.4, 0.5) is 5.69 Å². The average molecular weight is 443 g/mol. The van der Waals surface area contributed by atoms with Gasteiger partial charge in [-0.05, 0) is 60.9 Å². The number of aryl methyl sites for hydroxylation is 2. The van der Waals surface area contributed by atoms with Crippen molar-refractivity contribution in [2.75, 3.05) is 31.7 Å². The lowest BCUT2D eigenvalue weighted by Gasteiger charge is -2.08. The Labute approximate surface area is 190 Å². The molecule has 2 rings (SSSR count). The van der Waals surface area contributed by atoms with Crippen molar-refractivity contribution in [2.45, 2.75) is 45.4 Å². The van der Waals surface area contributed by atoms with Crippen molar-refractivity contribution in [3.05, 3.63) is 65.2 Å². The van der Waals surface area contributed by atoms with E-state index in [1.807, 2.05) is 55.5 Å². The number of hydrogen-bond donors (Lipinski definition) is 3. The first-order valence-corrected chi connectivity index (χ1v) is 11.2. The molecule has 32 heavy (non-hydrogen) atoms. The van der Waals surface area contributed by atoms with Gasteiger partial charge in [0.05, 0.1) is 19.6 Å². The number of benzene rings is 2. The Hall–Kier alpha value is -2.74. The zero-order valence-electron chi connectivity index (χ0n) is 18.8. The first kappa shape index (κ1) is 25.5. The van der Waals surface area contributed by atoms with Crippen molar-refractivity contribution >= 4 is 17.5 Å². The molecule has 0 heterocycles. The number of rotatable bonds is 15. The topological polar surface area (TPSA) is 96.9 Å². The van der Waals surface area contributed by atoms with E-state index in [0.29, 0.717) is 19.8 Å². The maximum atomic E-state index is 11.9. The number of amides is 2. The van der Waals surface area contributed by atoms with Crippen molar-refractivity contribution in [3.63, 3.8) is 0 Å². The standard InChI is InChI=1S/C25H34N2O5/c1-2-15-31-16-17-32-19-25(29)26-23-13-11-21(12-14-23)6-4-3-5-20-7-9-22(10-8-20)18-24(28)27-30/h7-14,30H,2-6,15-19H2,1H3,(H,26,29)(H,27,28). The van der Waals surface area contributed by atoms with E-state index in [1.54, 1.807) is 5.48 Å². The van der Waals surface area contributed by atoms with E-state index in [4.69, 9.17) is 14.7 Å². The first-order valence-electron chi connectivity index (χ1n) is 11.2. The normalized spacial score (nSPS) is 10.7. The first-order chi connectivity index (χ1) is 15.6. The molecule has 0 aliphatic rings. The fourth-order valence-corrected chi connectivity index (χ4v) is 3.19. The summed E-state index contributed by atoms with van der Waals surface area (Å²) >= 11 is 0. The number of nitrogens with one attached hydrogen (secondary N) is 2. The van der Waals surface area contributed by atoms with Crippen LogP contribution in [0.5, 0.6) is 0 Å². The summed E-state index contributed by atoms with van der Waals surface area (Å²) in [5.41, 5.74) is 5.75. The number of hydroxylamine groups is 1. The highest BCUT2D eigenvalue weighted by Gasteiger charge is 2.04. The van der Waals surface area contributed by atoms with Crippen molar-refractivity contribution in [3.8, 4) is 0 Å². The SMILES string of the molecule is CCCOCCOCC(=O)Nc1ccc(CCCCc2ccc(CC(=O)NO)cc2)cc1. The molecule has 0 unspecified atom stereocenters. The molecule has 2 amide bonds. The third kappa shape index (κ3) is 10.5. The molecule has 0 saturated carbocycles. The van der Waals surface area contributed by atoms with Gasteiger partial charge in [-0.3, -0.25) is 14.8 Å². The lowest BCUT2D eigenvalue weighted by Crippen LogP contribution is -2.20. The summed E-state index contributed by atoms with van der Waals surface area (Å²) in [4.78, 5) is 23.1. The molecule has 0 aliphatic heterocycles. The van der Waals surface area contributed by atoms with Gasteiger partial charge in [-0.1, -0.05) is 43.3 Å². The predicted octanol–water partition coefficient (Wildman–Crippen LogP) is 3.68. The van der Waals surface area contributed by atoms with Gasteiger partial charge in [0.25, 0.3) is 0 Å². The van der Waals surface area contributed by atoms with E-state index in [2.05, 4.69) is 5.32 Å². The van der Waals surface area contributed by atoms with Gasteiger partial charge in [0.1, 0.15) is 6.61 Å². The second kappa shape index (κ2) is 15.1. The van der Waals surface area contributed by atoms with Gasteiger partial charge in [0, 0.05) is 12.3 Å². The van der Waals surface area contributed by atoms with Crippen molar-refractivity contribution in [1.82, 2.24) is 5.48 Å². The van der Waals surface area contributed by atoms with Gasteiger partial charge >= 0.3 is 0 Å². The van der Waals surface area contributed by atoms with Gasteiger partial charge in [0.2, 0.25) is 11.8 Å². The summed E-state index contributed by atoms with van der Waals surface area (Å²) in [5, 5.41) is 11.4. The molecule has 0 bridgehead atoms. The number of ether oxygens (including phenoxy) is 2. The van der Waals surface area contributed by atoms with E-state index in [1.165, 1.54) is 11.1 Å². The smallest absolute Gasteiger partial charge is 0.250 e. The molecule has 174 valence electrons. The van der Waals surface area contributed by atoms with Crippen LogP contribution in [0.15, 0.2) is 48.5 Å². The van der Waals surface area contributed by atoms with E-state index in [9.17, 15) is 9.59 Å². The number of carbonyl (C=O) groups excluding carboxylic acids is 2. The minimum atomic E-state index is -0.412. The highest BCUT2D eigenvalue weighted by atomic mass is 16.5. The minimum Gasteiger partial charge on any atom is -0.379 e. The molecule has 0 saturated heterocycles. The zero-order valence-corrected chi connectivity index (χ0v) is 18.8. The summed E-state index contributed by atoms with van der Waals surface area (Å²) in [5.74, 6) is -0.583. The lowest BCUT2D eigenvalue weighted by atomic mass is 10.0. The van der Waals surface area contributed by atoms with E-state index >= 15 is 0 Å². The van der Waals surface area contributed by atoms with Crippen molar-refractivity contribution in [1.29, 1.82) is 0 Å². The van der Waals surface area contributed by atoms with Crippen LogP contribution < -0.4 is 10.8 Å². The fourth-order valence-electron chi connectivity index (χ4n) is 3.19. The molecule has 7 nitrogen and oxygen atoms in total. The minimum absolute atomic E-state index is 0.0207. The lowest BCUT2D eigenvalue weighted by molar-refractivity contribution is -0.128. The van der Waals surface area contributed by atoms with Gasteiger partial charge in [0.15, 0.2) is 0 Å². The molecule has 0 atom stereocenters. The van der Waals surface area contributed by atoms with Crippen molar-refractivity contribution in [2.24, 2.45) is 0 Å². The summed E-state index contributed by atoms with van der Waals surface area (Å²) in [6, 6.07) is 15.8. The fraction of sp³-hybridized carbons (Fsp3) is 0.440. The second-order valence-corrected chi connectivity index (χ2v) is 7.65. The molecule has 0 fully saturated rings. The largest absolute Gasteiger partial charge is 0.379 e. The monoisotopic (exact) mass is 442 g/mol. The second-order valence-electron chi connectivity index (χ2n) is 7.65. The van der Waals surface area contributed by atoms with Crippen LogP contribution in [-0.2, 0) is 38.3 Å². The number of carbonyl (C=O) groups is 2. The molecule has 0 radical (unpaired) electrons. The van der Waals surface area contributed by atoms with Crippen LogP contribution in [-0.4, -0.2) is 43.4 Å². The Morgan fingerprint density at radius 2 is 1.34 bits per heavy atom. The quantitative estimate of drug-likeness (QED) is 0.222. The number of hydrogen-bond acceptors (Lipinski definition) is 5. The molecule has 0 aromatic heterocycles. The molecule has 2 aromatic carbocycles. The van der Waals surface area contributed by atoms with E-state index in [0.717, 1.165) is 43.4 Å². The Bertz CT molecular complexity index is 806. The number of unbranched alkanes of at least 4 members (excludes halogenated alkanes) is 1. The van der Waals surface area contributed by atoms with Crippen LogP contribution in [0.3, 0.4) is 0 Å². The van der Waals surface area contributed by atoms with Crippen LogP contribution in [0.2, 0.25) is 0 Å². The Kier molecular flexibility index (Phi) is 12.1. The maximum absolute atomic E-state index is 11.9. The zero-order chi connectivity index (χ0) is 23.0. The molecule has 0 spiro atoms. The van der Waals surface area contributed by atoms with Crippen molar-refractivity contribution < 1.29 is 24.3 Å². The highest BCUT2D eigenvalue weighted by molar-refractivity contribution is 5.91. The number of anilines is 1. The molecular weight excluding hydrogens is 408 g/mol. The van der Waals surface area contributed by atoms with Crippen LogP contribution in [0.1, 0.15) is 42.9 Å². The summed E-state index contributed by atoms with van der Waals surface area (Å²) in [6.45, 7) is 3.70. The molecule has 3 N–H and O–H groups in total. The summed E-state index contributed by atoms with van der Waals surface area (Å²) in [6.07, 6.45) is 5.23. The summed E-state index contributed by atoms with van der Waals surface area (Å²) < 4.78 is 10.6. The van der Waals surface area contributed by atoms with Crippen LogP contribution in [0, 0.1) is 0 Å². The Morgan fingerprint density at radius 3 is 1.94 bits per heavy atom. The highest BCUT2D eigenvalue weighted by Crippen LogP contribution is 2.14. The van der Waals surface area contributed by atoms with Crippen LogP contribution >= 0.6 is 0 Å². The average Bonchev–Trinajstić information content (AvgIpc) is 2.81. The third-order valence-corrected chi connectivity index (χ3v) is 4.88.